The van der Waals surface area contributed by atoms with Crippen molar-refractivity contribution in [1.82, 2.24) is 24.8 Å². The number of hydrogen-bond acceptors (Lipinski definition) is 7. The summed E-state index contributed by atoms with van der Waals surface area (Å²) in [6.45, 7) is 1.81. The van der Waals surface area contributed by atoms with Crippen LogP contribution in [0.4, 0.5) is 22.0 Å². The molecule has 2 N–H and O–H groups in total. The van der Waals surface area contributed by atoms with Crippen LogP contribution >= 0.6 is 0 Å². The van der Waals surface area contributed by atoms with Gasteiger partial charge in [0.05, 0.1) is 42.9 Å². The van der Waals surface area contributed by atoms with Crippen LogP contribution < -0.4 is 10.1 Å². The third-order valence-corrected chi connectivity index (χ3v) is 12.7. The summed E-state index contributed by atoms with van der Waals surface area (Å²) in [5.74, 6) is -4.58. The van der Waals surface area contributed by atoms with Gasteiger partial charge in [0.2, 0.25) is 0 Å². The molecular weight excluding hydrogens is 701 g/mol. The van der Waals surface area contributed by atoms with Gasteiger partial charge in [-0.25, -0.2) is 23.5 Å². The van der Waals surface area contributed by atoms with Crippen molar-refractivity contribution in [2.24, 2.45) is 23.7 Å². The summed E-state index contributed by atoms with van der Waals surface area (Å²) in [6.07, 6.45) is 3.83. The van der Waals surface area contributed by atoms with E-state index in [0.717, 1.165) is 25.5 Å². The van der Waals surface area contributed by atoms with E-state index in [-0.39, 0.29) is 48.9 Å². The minimum Gasteiger partial charge on any atom is -0.490 e. The molecule has 1 atom stereocenters. The molecule has 286 valence electrons. The van der Waals surface area contributed by atoms with Crippen molar-refractivity contribution < 1.29 is 46.1 Å². The van der Waals surface area contributed by atoms with Gasteiger partial charge in [-0.05, 0) is 101 Å². The fourth-order valence-corrected chi connectivity index (χ4v) is 10.4. The summed E-state index contributed by atoms with van der Waals surface area (Å²) in [6, 6.07) is 5.17. The number of halogens is 5. The first-order valence-electron chi connectivity index (χ1n) is 18.6. The normalized spacial score (nSPS) is 31.3. The second-order valence-electron chi connectivity index (χ2n) is 16.1. The number of benzene rings is 1. The maximum atomic E-state index is 14.7. The quantitative estimate of drug-likeness (QED) is 0.214. The summed E-state index contributed by atoms with van der Waals surface area (Å²) in [5.41, 5.74) is -2.93. The molecule has 6 aliphatic rings. The van der Waals surface area contributed by atoms with Gasteiger partial charge < -0.3 is 24.5 Å². The summed E-state index contributed by atoms with van der Waals surface area (Å²) in [7, 11) is 1.55. The molecule has 4 bridgehead atoms. The second-order valence-corrected chi connectivity index (χ2v) is 16.1. The number of rotatable bonds is 10. The molecule has 1 aromatic carbocycles. The molecule has 5 aliphatic carbocycles. The van der Waals surface area contributed by atoms with Crippen molar-refractivity contribution in [3.63, 3.8) is 0 Å². The zero-order valence-corrected chi connectivity index (χ0v) is 29.7. The second kappa shape index (κ2) is 13.2. The number of nitrogens with zero attached hydrogens (tertiary/aromatic N) is 4. The Kier molecular flexibility index (Phi) is 8.98. The van der Waals surface area contributed by atoms with Crippen molar-refractivity contribution >= 4 is 22.8 Å². The molecule has 1 aliphatic heterocycles. The Morgan fingerprint density at radius 1 is 1.04 bits per heavy atom. The van der Waals surface area contributed by atoms with Crippen LogP contribution in [0.1, 0.15) is 86.8 Å². The first kappa shape index (κ1) is 36.1. The number of carboxylic acids is 1. The van der Waals surface area contributed by atoms with Crippen LogP contribution in [0.5, 0.6) is 5.75 Å². The summed E-state index contributed by atoms with van der Waals surface area (Å²) >= 11 is 0. The lowest BCUT2D eigenvalue weighted by Gasteiger charge is -2.59. The molecule has 0 spiro atoms. The summed E-state index contributed by atoms with van der Waals surface area (Å²) in [4.78, 5) is 36.6. The van der Waals surface area contributed by atoms with E-state index in [1.54, 1.807) is 25.4 Å². The molecule has 15 heteroatoms. The van der Waals surface area contributed by atoms with Gasteiger partial charge in [-0.1, -0.05) is 0 Å². The Morgan fingerprint density at radius 3 is 2.28 bits per heavy atom. The number of methoxy groups -OCH3 is 1. The van der Waals surface area contributed by atoms with Gasteiger partial charge in [0.25, 0.3) is 11.8 Å². The lowest BCUT2D eigenvalue weighted by molar-refractivity contribution is -0.163. The van der Waals surface area contributed by atoms with Gasteiger partial charge in [-0.2, -0.15) is 13.2 Å². The molecule has 9 rings (SSSR count). The van der Waals surface area contributed by atoms with Gasteiger partial charge in [-0.15, -0.1) is 0 Å². The van der Waals surface area contributed by atoms with E-state index in [2.05, 4.69) is 15.3 Å². The van der Waals surface area contributed by atoms with E-state index in [0.29, 0.717) is 79.2 Å². The van der Waals surface area contributed by atoms with Crippen LogP contribution in [0.25, 0.3) is 22.3 Å². The van der Waals surface area contributed by atoms with Crippen LogP contribution in [0, 0.1) is 23.7 Å². The van der Waals surface area contributed by atoms with Gasteiger partial charge >= 0.3 is 12.1 Å². The van der Waals surface area contributed by atoms with Gasteiger partial charge in [-0.3, -0.25) is 9.69 Å². The van der Waals surface area contributed by atoms with Crippen LogP contribution in [-0.4, -0.2) is 86.8 Å². The highest BCUT2D eigenvalue weighted by atomic mass is 19.4. The molecule has 53 heavy (non-hydrogen) atoms. The number of amides is 1. The number of nitrogens with one attached hydrogen (secondary N) is 1. The molecule has 6 fully saturated rings. The number of carboxylic acid groups (broad SMARTS) is 1. The van der Waals surface area contributed by atoms with Crippen molar-refractivity contribution in [3.8, 4) is 17.1 Å². The molecule has 0 unspecified atom stereocenters. The topological polar surface area (TPSA) is 119 Å². The molecule has 3 heterocycles. The number of hydrogen-bond donors (Lipinski definition) is 2. The minimum absolute atomic E-state index is 0.111. The van der Waals surface area contributed by atoms with Gasteiger partial charge in [0.15, 0.2) is 11.5 Å². The van der Waals surface area contributed by atoms with Crippen molar-refractivity contribution in [1.29, 1.82) is 0 Å². The van der Waals surface area contributed by atoms with Crippen molar-refractivity contribution in [2.75, 3.05) is 26.8 Å². The summed E-state index contributed by atoms with van der Waals surface area (Å²) < 4.78 is 84.5. The van der Waals surface area contributed by atoms with E-state index in [9.17, 15) is 36.6 Å². The number of aliphatic carboxylic acids is 1. The number of alkyl halides is 5. The highest BCUT2D eigenvalue weighted by Crippen LogP contribution is 2.58. The Bertz CT molecular complexity index is 1870. The molecule has 1 saturated heterocycles. The van der Waals surface area contributed by atoms with E-state index in [1.807, 2.05) is 22.5 Å². The zero-order chi connectivity index (χ0) is 37.4. The molecule has 0 radical (unpaired) electrons. The first-order valence-corrected chi connectivity index (χ1v) is 18.6. The fraction of sp³-hybridized carbons (Fsp3) is 0.632. The monoisotopic (exact) mass is 745 g/mol. The standard InChI is InChI=1S/C38H44F5N5O5/c1-20(17-52-2)48-16-30(28-8-7-27(14-31(28)48)53-26-5-3-25(4-6-26)47-18-36(39,40)19-47)33-44-15-29(32(45-33)38(41,42)43)34(49)46-37(35(50)51)23-10-21-9-22(12-23)13-24(37)11-21/h7-8,14-16,20-26H,3-6,9-13,17-19H2,1-2H3,(H,46,49)(H,50,51)/t20-,21?,22?,23?,24?,25-,26-,37?/m1/s1. The Balaban J connectivity index is 1.07. The Morgan fingerprint density at radius 2 is 1.70 bits per heavy atom. The number of carbonyl (C=O) groups is 2. The molecule has 1 amide bonds. The Hall–Kier alpha value is -3.85. The predicted molar refractivity (Wildman–Crippen MR) is 183 cm³/mol. The number of carbonyl (C=O) groups excluding carboxylic acids is 1. The first-order chi connectivity index (χ1) is 25.1. The predicted octanol–water partition coefficient (Wildman–Crippen LogP) is 6.97. The number of fused-ring (bicyclic) bond motifs is 1. The third-order valence-electron chi connectivity index (χ3n) is 12.7. The average Bonchev–Trinajstić information content (AvgIpc) is 3.47. The number of ether oxygens (including phenoxy) is 2. The maximum absolute atomic E-state index is 14.7. The van der Waals surface area contributed by atoms with Crippen molar-refractivity contribution in [3.05, 3.63) is 41.9 Å². The Labute approximate surface area is 303 Å². The number of likely N-dealkylation sites (tertiary alicyclic amines) is 1. The highest BCUT2D eigenvalue weighted by molar-refractivity contribution is 6.00. The molecular formula is C38H44F5N5O5. The molecule has 10 nitrogen and oxygen atoms in total. The van der Waals surface area contributed by atoms with Crippen LogP contribution in [0.2, 0.25) is 0 Å². The van der Waals surface area contributed by atoms with Crippen LogP contribution in [0.3, 0.4) is 0 Å². The average molecular weight is 746 g/mol. The number of aromatic nitrogens is 3. The molecule has 3 aromatic rings. The lowest BCUT2D eigenvalue weighted by Crippen LogP contribution is -2.70. The zero-order valence-electron chi connectivity index (χ0n) is 29.7. The summed E-state index contributed by atoms with van der Waals surface area (Å²) in [5, 5.41) is 13.6. The minimum atomic E-state index is -5.04. The van der Waals surface area contributed by atoms with Crippen LogP contribution in [0.15, 0.2) is 30.6 Å². The van der Waals surface area contributed by atoms with E-state index >= 15 is 0 Å². The third kappa shape index (κ3) is 6.44. The van der Waals surface area contributed by atoms with Gasteiger partial charge in [0, 0.05) is 42.6 Å². The van der Waals surface area contributed by atoms with E-state index in [4.69, 9.17) is 9.47 Å². The largest absolute Gasteiger partial charge is 0.490 e. The highest BCUT2D eigenvalue weighted by Gasteiger charge is 2.62. The SMILES string of the molecule is COC[C@@H](C)n1cc(-c2ncc(C(=O)NC3(C(=O)O)C4CC5CC(C4)CC3C5)c(C(F)(F)F)n2)c2ccc(O[C@H]3CC[C@H](N4CC(F)(F)C4)CC3)cc21. The maximum Gasteiger partial charge on any atom is 0.434 e. The van der Waals surface area contributed by atoms with Gasteiger partial charge in [0.1, 0.15) is 11.3 Å². The van der Waals surface area contributed by atoms with Crippen molar-refractivity contribution in [2.45, 2.75) is 101 Å². The fourth-order valence-electron chi connectivity index (χ4n) is 10.4. The smallest absolute Gasteiger partial charge is 0.434 e. The molecule has 2 aromatic heterocycles. The lowest BCUT2D eigenvalue weighted by atomic mass is 9.48. The van der Waals surface area contributed by atoms with E-state index in [1.165, 1.54) is 0 Å². The van der Waals surface area contributed by atoms with Crippen LogP contribution in [-0.2, 0) is 15.7 Å². The molecule has 5 saturated carbocycles. The van der Waals surface area contributed by atoms with E-state index < -0.39 is 40.8 Å².